The van der Waals surface area contributed by atoms with Crippen molar-refractivity contribution in [2.75, 3.05) is 0 Å². The molecule has 4 nitrogen and oxygen atoms in total. The van der Waals surface area contributed by atoms with Crippen molar-refractivity contribution in [1.82, 2.24) is 0 Å². The third-order valence-corrected chi connectivity index (χ3v) is 4.90. The second-order valence-electron chi connectivity index (χ2n) is 6.06. The summed E-state index contributed by atoms with van der Waals surface area (Å²) in [6.07, 6.45) is 3.10. The van der Waals surface area contributed by atoms with E-state index < -0.39 is 0 Å². The van der Waals surface area contributed by atoms with Gasteiger partial charge in [-0.15, -0.1) is 0 Å². The van der Waals surface area contributed by atoms with Crippen molar-refractivity contribution in [3.05, 3.63) is 11.6 Å². The highest BCUT2D eigenvalue weighted by molar-refractivity contribution is 5.86. The van der Waals surface area contributed by atoms with Gasteiger partial charge >= 0.3 is 11.9 Å². The quantitative estimate of drug-likeness (QED) is 0.666. The van der Waals surface area contributed by atoms with Crippen LogP contribution in [0.25, 0.3) is 0 Å². The number of ether oxygens (including phenoxy) is 2. The first-order valence-corrected chi connectivity index (χ1v) is 6.53. The average molecular weight is 250 g/mol. The Bertz CT molecular complexity index is 453. The molecule has 0 radical (unpaired) electrons. The second kappa shape index (κ2) is 3.59. The number of rotatable bonds is 1. The summed E-state index contributed by atoms with van der Waals surface area (Å²) < 4.78 is 11.0. The fourth-order valence-electron chi connectivity index (χ4n) is 3.84. The van der Waals surface area contributed by atoms with Gasteiger partial charge in [0.05, 0.1) is 5.92 Å². The SMILES string of the molecule is CC1=CC(=O)O[C@@H]1[C@]1(C)CC[C@H]2[C@@H](C)C(=O)O[C@@H]21. The van der Waals surface area contributed by atoms with Crippen LogP contribution in [0.1, 0.15) is 33.6 Å². The first-order chi connectivity index (χ1) is 8.43. The minimum absolute atomic E-state index is 0.0294. The molecule has 5 atom stereocenters. The number of hydrogen-bond acceptors (Lipinski definition) is 4. The minimum atomic E-state index is -0.278. The lowest BCUT2D eigenvalue weighted by molar-refractivity contribution is -0.155. The van der Waals surface area contributed by atoms with Gasteiger partial charge in [-0.25, -0.2) is 4.79 Å². The Morgan fingerprint density at radius 3 is 2.67 bits per heavy atom. The van der Waals surface area contributed by atoms with Gasteiger partial charge in [0.15, 0.2) is 0 Å². The average Bonchev–Trinajstić information content (AvgIpc) is 2.89. The number of esters is 2. The minimum Gasteiger partial charge on any atom is -0.461 e. The van der Waals surface area contributed by atoms with Crippen molar-refractivity contribution in [3.8, 4) is 0 Å². The van der Waals surface area contributed by atoms with E-state index in [9.17, 15) is 9.59 Å². The third-order valence-electron chi connectivity index (χ3n) is 4.90. The van der Waals surface area contributed by atoms with E-state index >= 15 is 0 Å². The van der Waals surface area contributed by atoms with Crippen molar-refractivity contribution in [1.29, 1.82) is 0 Å². The lowest BCUT2D eigenvalue weighted by Crippen LogP contribution is -2.42. The summed E-state index contributed by atoms with van der Waals surface area (Å²) in [6.45, 7) is 5.92. The molecule has 0 aromatic rings. The summed E-state index contributed by atoms with van der Waals surface area (Å²) in [5, 5.41) is 0. The Morgan fingerprint density at radius 2 is 2.06 bits per heavy atom. The van der Waals surface area contributed by atoms with Crippen LogP contribution < -0.4 is 0 Å². The predicted molar refractivity (Wildman–Crippen MR) is 63.5 cm³/mol. The van der Waals surface area contributed by atoms with E-state index in [0.717, 1.165) is 18.4 Å². The summed E-state index contributed by atoms with van der Waals surface area (Å²) in [5.74, 6) is -0.144. The first kappa shape index (κ1) is 11.8. The van der Waals surface area contributed by atoms with Gasteiger partial charge in [0, 0.05) is 17.4 Å². The van der Waals surface area contributed by atoms with E-state index in [4.69, 9.17) is 9.47 Å². The molecule has 2 fully saturated rings. The lowest BCUT2D eigenvalue weighted by Gasteiger charge is -2.35. The van der Waals surface area contributed by atoms with Gasteiger partial charge in [-0.1, -0.05) is 13.8 Å². The lowest BCUT2D eigenvalue weighted by atomic mass is 9.76. The molecule has 3 aliphatic rings. The van der Waals surface area contributed by atoms with Gasteiger partial charge in [0.1, 0.15) is 12.2 Å². The molecule has 3 rings (SSSR count). The zero-order valence-corrected chi connectivity index (χ0v) is 10.9. The number of cyclic esters (lactones) is 1. The highest BCUT2D eigenvalue weighted by Gasteiger charge is 2.60. The normalized spacial score (nSPS) is 46.7. The van der Waals surface area contributed by atoms with Gasteiger partial charge in [-0.2, -0.15) is 0 Å². The topological polar surface area (TPSA) is 52.6 Å². The maximum absolute atomic E-state index is 11.7. The summed E-state index contributed by atoms with van der Waals surface area (Å²) in [5.41, 5.74) is 0.677. The molecule has 2 aliphatic heterocycles. The van der Waals surface area contributed by atoms with Gasteiger partial charge in [-0.3, -0.25) is 4.79 Å². The van der Waals surface area contributed by atoms with Crippen molar-refractivity contribution in [2.45, 2.75) is 45.8 Å². The molecule has 18 heavy (non-hydrogen) atoms. The molecule has 1 saturated carbocycles. The highest BCUT2D eigenvalue weighted by atomic mass is 16.6. The molecular formula is C14H18O4. The molecule has 4 heteroatoms. The van der Waals surface area contributed by atoms with Crippen LogP contribution in [0.3, 0.4) is 0 Å². The molecule has 1 aliphatic carbocycles. The first-order valence-electron chi connectivity index (χ1n) is 6.53. The fraction of sp³-hybridized carbons (Fsp3) is 0.714. The summed E-state index contributed by atoms with van der Waals surface area (Å²) >= 11 is 0. The molecule has 0 N–H and O–H groups in total. The third kappa shape index (κ3) is 1.38. The van der Waals surface area contributed by atoms with Crippen LogP contribution in [0.15, 0.2) is 11.6 Å². The Morgan fingerprint density at radius 1 is 1.33 bits per heavy atom. The summed E-state index contributed by atoms with van der Waals surface area (Å²) in [4.78, 5) is 23.1. The number of carbonyl (C=O) groups excluding carboxylic acids is 2. The molecule has 98 valence electrons. The summed E-state index contributed by atoms with van der Waals surface area (Å²) in [7, 11) is 0. The van der Waals surface area contributed by atoms with Crippen LogP contribution in [0.4, 0.5) is 0 Å². The van der Waals surface area contributed by atoms with Crippen molar-refractivity contribution in [3.63, 3.8) is 0 Å². The van der Waals surface area contributed by atoms with Crippen LogP contribution in [-0.4, -0.2) is 24.1 Å². The van der Waals surface area contributed by atoms with Gasteiger partial charge in [0.25, 0.3) is 0 Å². The van der Waals surface area contributed by atoms with Gasteiger partial charge in [0.2, 0.25) is 0 Å². The monoisotopic (exact) mass is 250 g/mol. The number of hydrogen-bond donors (Lipinski definition) is 0. The Kier molecular flexibility index (Phi) is 2.34. The molecule has 0 spiro atoms. The van der Waals surface area contributed by atoms with E-state index in [1.165, 1.54) is 0 Å². The van der Waals surface area contributed by atoms with E-state index in [0.29, 0.717) is 0 Å². The highest BCUT2D eigenvalue weighted by Crippen LogP contribution is 2.54. The largest absolute Gasteiger partial charge is 0.461 e. The van der Waals surface area contributed by atoms with Gasteiger partial charge < -0.3 is 9.47 Å². The van der Waals surface area contributed by atoms with Crippen molar-refractivity contribution < 1.29 is 19.1 Å². The Balaban J connectivity index is 1.91. The smallest absolute Gasteiger partial charge is 0.331 e. The van der Waals surface area contributed by atoms with E-state index in [2.05, 4.69) is 6.92 Å². The maximum Gasteiger partial charge on any atom is 0.331 e. The van der Waals surface area contributed by atoms with Crippen LogP contribution >= 0.6 is 0 Å². The Hall–Kier alpha value is -1.32. The number of fused-ring (bicyclic) bond motifs is 1. The van der Waals surface area contributed by atoms with Gasteiger partial charge in [-0.05, 0) is 25.3 Å². The Labute approximate surface area is 106 Å². The molecule has 0 unspecified atom stereocenters. The van der Waals surface area contributed by atoms with E-state index in [-0.39, 0.29) is 41.4 Å². The zero-order chi connectivity index (χ0) is 13.1. The van der Waals surface area contributed by atoms with Crippen molar-refractivity contribution in [2.24, 2.45) is 17.3 Å². The van der Waals surface area contributed by atoms with Crippen LogP contribution in [-0.2, 0) is 19.1 Å². The second-order valence-corrected chi connectivity index (χ2v) is 6.06. The fourth-order valence-corrected chi connectivity index (χ4v) is 3.84. The van der Waals surface area contributed by atoms with Crippen LogP contribution in [0, 0.1) is 17.3 Å². The molecular weight excluding hydrogens is 232 g/mol. The molecule has 0 aromatic carbocycles. The molecule has 1 saturated heterocycles. The zero-order valence-electron chi connectivity index (χ0n) is 10.9. The van der Waals surface area contributed by atoms with E-state index in [1.807, 2.05) is 13.8 Å². The van der Waals surface area contributed by atoms with Crippen LogP contribution in [0.2, 0.25) is 0 Å². The summed E-state index contributed by atoms with van der Waals surface area (Å²) in [6, 6.07) is 0. The predicted octanol–water partition coefficient (Wildman–Crippen LogP) is 1.84. The molecule has 0 aromatic heterocycles. The molecule has 0 amide bonds. The molecule has 0 bridgehead atoms. The van der Waals surface area contributed by atoms with Crippen LogP contribution in [0.5, 0.6) is 0 Å². The standard InChI is InChI=1S/C14H18O4/c1-7-6-10(15)17-11(7)14(3)5-4-9-8(2)13(16)18-12(9)14/h6,8-9,11-12H,4-5H2,1-3H3/t8-,9+,11+,12+,14+/m1/s1. The maximum atomic E-state index is 11.7. The number of carbonyl (C=O) groups is 2. The van der Waals surface area contributed by atoms with Crippen molar-refractivity contribution >= 4 is 11.9 Å². The van der Waals surface area contributed by atoms with E-state index in [1.54, 1.807) is 6.08 Å². The molecule has 2 heterocycles.